The molecule has 0 aliphatic rings. The van der Waals surface area contributed by atoms with E-state index in [0.717, 1.165) is 12.8 Å². The van der Waals surface area contributed by atoms with Crippen LogP contribution in [0.3, 0.4) is 0 Å². The molecule has 2 atom stereocenters. The van der Waals surface area contributed by atoms with Crippen LogP contribution in [-0.2, 0) is 9.53 Å². The summed E-state index contributed by atoms with van der Waals surface area (Å²) >= 11 is 2.07. The van der Waals surface area contributed by atoms with Gasteiger partial charge in [0, 0.05) is 22.9 Å². The third kappa shape index (κ3) is 6.32. The Morgan fingerprint density at radius 2 is 2.20 bits per heavy atom. The molecule has 0 aliphatic heterocycles. The molecule has 2 unspecified atom stereocenters. The molecule has 0 heterocycles. The number of ether oxygens (including phenoxy) is 1. The smallest absolute Gasteiger partial charge is 0.308 e. The minimum Gasteiger partial charge on any atom is -0.464 e. The first kappa shape index (κ1) is 15.1. The first-order valence-electron chi connectivity index (χ1n) is 5.19. The molecule has 0 saturated carbocycles. The number of hydrogen-bond acceptors (Lipinski definition) is 4. The summed E-state index contributed by atoms with van der Waals surface area (Å²) in [6, 6.07) is -0.122. The molecule has 0 amide bonds. The molecule has 0 radical (unpaired) electrons. The van der Waals surface area contributed by atoms with Crippen LogP contribution in [0.4, 0.5) is 0 Å². The van der Waals surface area contributed by atoms with Gasteiger partial charge in [0.05, 0.1) is 18.6 Å². The van der Waals surface area contributed by atoms with E-state index in [-0.39, 0.29) is 31.1 Å². The molecule has 0 rings (SSSR count). The monoisotopic (exact) mass is 329 g/mol. The van der Waals surface area contributed by atoms with Gasteiger partial charge in [-0.3, -0.25) is 4.79 Å². The fourth-order valence-corrected chi connectivity index (χ4v) is 1.48. The summed E-state index contributed by atoms with van der Waals surface area (Å²) in [5, 5.41) is 9.01. The third-order valence-corrected chi connectivity index (χ3v) is 3.04. The Hall–Kier alpha value is 0.120. The lowest BCUT2D eigenvalue weighted by atomic mass is 10.1. The SMILES string of the molecule is CCCC(C)C(=O)OCC(CO)N(C)I. The van der Waals surface area contributed by atoms with Gasteiger partial charge < -0.3 is 9.84 Å². The van der Waals surface area contributed by atoms with Gasteiger partial charge in [-0.1, -0.05) is 20.3 Å². The standard InChI is InChI=1S/C10H20INO3/c1-4-5-8(2)10(14)15-7-9(6-13)12(3)11/h8-9,13H,4-7H2,1-3H3. The normalized spacial score (nSPS) is 15.1. The van der Waals surface area contributed by atoms with Crippen LogP contribution in [-0.4, -0.2) is 40.5 Å². The van der Waals surface area contributed by atoms with E-state index in [1.807, 2.05) is 24.0 Å². The molecular formula is C10H20INO3. The van der Waals surface area contributed by atoms with Gasteiger partial charge in [-0.15, -0.1) is 0 Å². The largest absolute Gasteiger partial charge is 0.464 e. The highest BCUT2D eigenvalue weighted by molar-refractivity contribution is 14.1. The number of halogens is 1. The van der Waals surface area contributed by atoms with Gasteiger partial charge in [0.1, 0.15) is 6.61 Å². The Labute approximate surface area is 105 Å². The second-order valence-corrected chi connectivity index (χ2v) is 5.20. The number of esters is 1. The minimum absolute atomic E-state index is 0.00508. The summed E-state index contributed by atoms with van der Waals surface area (Å²) in [7, 11) is 1.84. The van der Waals surface area contributed by atoms with Crippen LogP contribution < -0.4 is 0 Å². The molecule has 0 fully saturated rings. The molecule has 0 spiro atoms. The lowest BCUT2D eigenvalue weighted by Crippen LogP contribution is -2.33. The van der Waals surface area contributed by atoms with Crippen LogP contribution in [0.2, 0.25) is 0 Å². The van der Waals surface area contributed by atoms with E-state index in [9.17, 15) is 4.79 Å². The maximum absolute atomic E-state index is 11.5. The van der Waals surface area contributed by atoms with Crippen LogP contribution >= 0.6 is 22.9 Å². The molecule has 0 aromatic rings. The number of carbonyl (C=O) groups is 1. The van der Waals surface area contributed by atoms with Crippen molar-refractivity contribution in [2.75, 3.05) is 20.3 Å². The van der Waals surface area contributed by atoms with Crippen molar-refractivity contribution in [2.24, 2.45) is 5.92 Å². The zero-order valence-electron chi connectivity index (χ0n) is 9.57. The lowest BCUT2D eigenvalue weighted by molar-refractivity contribution is -0.149. The fourth-order valence-electron chi connectivity index (χ4n) is 1.14. The van der Waals surface area contributed by atoms with E-state index >= 15 is 0 Å². The van der Waals surface area contributed by atoms with Crippen LogP contribution in [0.1, 0.15) is 26.7 Å². The summed E-state index contributed by atoms with van der Waals surface area (Å²) in [5.74, 6) is -0.220. The maximum Gasteiger partial charge on any atom is 0.308 e. The van der Waals surface area contributed by atoms with E-state index in [4.69, 9.17) is 9.84 Å². The van der Waals surface area contributed by atoms with Gasteiger partial charge in [0.25, 0.3) is 0 Å². The number of rotatable bonds is 7. The summed E-state index contributed by atoms with van der Waals surface area (Å²) in [4.78, 5) is 11.5. The van der Waals surface area contributed by atoms with E-state index in [1.54, 1.807) is 0 Å². The van der Waals surface area contributed by atoms with Gasteiger partial charge in [-0.2, -0.15) is 0 Å². The zero-order chi connectivity index (χ0) is 11.8. The van der Waals surface area contributed by atoms with E-state index in [0.29, 0.717) is 0 Å². The Kier molecular flexibility index (Phi) is 8.36. The topological polar surface area (TPSA) is 49.8 Å². The van der Waals surface area contributed by atoms with Crippen molar-refractivity contribution in [3.63, 3.8) is 0 Å². The maximum atomic E-state index is 11.5. The average Bonchev–Trinajstić information content (AvgIpc) is 2.18. The second-order valence-electron chi connectivity index (χ2n) is 3.68. The molecule has 0 bridgehead atoms. The van der Waals surface area contributed by atoms with Crippen LogP contribution in [0.25, 0.3) is 0 Å². The van der Waals surface area contributed by atoms with Crippen LogP contribution in [0.5, 0.6) is 0 Å². The fraction of sp³-hybridized carbons (Fsp3) is 0.900. The molecule has 1 N–H and O–H groups in total. The van der Waals surface area contributed by atoms with Crippen molar-refractivity contribution in [3.05, 3.63) is 0 Å². The molecule has 0 aromatic carbocycles. The zero-order valence-corrected chi connectivity index (χ0v) is 11.7. The molecule has 4 nitrogen and oxygen atoms in total. The number of hydrogen-bond donors (Lipinski definition) is 1. The quantitative estimate of drug-likeness (QED) is 0.438. The van der Waals surface area contributed by atoms with E-state index in [1.165, 1.54) is 0 Å². The van der Waals surface area contributed by atoms with Crippen molar-refractivity contribution in [1.82, 2.24) is 3.11 Å². The number of likely N-dealkylation sites (N-methyl/N-ethyl adjacent to an activating group) is 1. The molecule has 0 saturated heterocycles. The third-order valence-electron chi connectivity index (χ3n) is 2.26. The Morgan fingerprint density at radius 3 is 2.60 bits per heavy atom. The van der Waals surface area contributed by atoms with Crippen molar-refractivity contribution >= 4 is 28.8 Å². The predicted octanol–water partition coefficient (Wildman–Crippen LogP) is 1.61. The lowest BCUT2D eigenvalue weighted by Gasteiger charge is -2.20. The van der Waals surface area contributed by atoms with E-state index < -0.39 is 0 Å². The Bertz CT molecular complexity index is 188. The van der Waals surface area contributed by atoms with Crippen LogP contribution in [0.15, 0.2) is 0 Å². The number of aliphatic hydroxyl groups excluding tert-OH is 1. The number of aliphatic hydroxyl groups is 1. The highest BCUT2D eigenvalue weighted by atomic mass is 127. The summed E-state index contributed by atoms with van der Waals surface area (Å²) in [5.41, 5.74) is 0. The van der Waals surface area contributed by atoms with Crippen molar-refractivity contribution in [1.29, 1.82) is 0 Å². The first-order chi connectivity index (χ1) is 7.02. The van der Waals surface area contributed by atoms with Gasteiger partial charge in [0.2, 0.25) is 0 Å². The molecule has 0 aromatic heterocycles. The Morgan fingerprint density at radius 1 is 1.60 bits per heavy atom. The molecule has 15 heavy (non-hydrogen) atoms. The minimum atomic E-state index is -0.173. The highest BCUT2D eigenvalue weighted by Crippen LogP contribution is 2.09. The van der Waals surface area contributed by atoms with Gasteiger partial charge in [0.15, 0.2) is 0 Å². The van der Waals surface area contributed by atoms with E-state index in [2.05, 4.69) is 22.9 Å². The highest BCUT2D eigenvalue weighted by Gasteiger charge is 2.17. The van der Waals surface area contributed by atoms with Crippen molar-refractivity contribution in [2.45, 2.75) is 32.7 Å². The number of nitrogens with zero attached hydrogens (tertiary/aromatic N) is 1. The van der Waals surface area contributed by atoms with Crippen LogP contribution in [0, 0.1) is 5.92 Å². The second kappa shape index (κ2) is 8.29. The first-order valence-corrected chi connectivity index (χ1v) is 6.15. The van der Waals surface area contributed by atoms with Gasteiger partial charge >= 0.3 is 5.97 Å². The molecule has 5 heteroatoms. The van der Waals surface area contributed by atoms with Gasteiger partial charge in [-0.05, 0) is 13.5 Å². The molecule has 90 valence electrons. The van der Waals surface area contributed by atoms with Crippen molar-refractivity contribution < 1.29 is 14.6 Å². The molecular weight excluding hydrogens is 309 g/mol. The summed E-state index contributed by atoms with van der Waals surface area (Å²) < 4.78 is 6.94. The predicted molar refractivity (Wildman–Crippen MR) is 67.7 cm³/mol. The average molecular weight is 329 g/mol. The molecule has 0 aliphatic carbocycles. The van der Waals surface area contributed by atoms with Crippen molar-refractivity contribution in [3.8, 4) is 0 Å². The Balaban J connectivity index is 3.87. The summed E-state index contributed by atoms with van der Waals surface area (Å²) in [6.45, 7) is 4.16. The van der Waals surface area contributed by atoms with Gasteiger partial charge in [-0.25, -0.2) is 3.11 Å². The summed E-state index contributed by atoms with van der Waals surface area (Å²) in [6.07, 6.45) is 1.83. The number of carbonyl (C=O) groups excluding carboxylic acids is 1.